The van der Waals surface area contributed by atoms with Gasteiger partial charge in [-0.1, -0.05) is 59.4 Å². The number of benzene rings is 2. The summed E-state index contributed by atoms with van der Waals surface area (Å²) in [6.07, 6.45) is 0. The minimum absolute atomic E-state index is 0.141. The van der Waals surface area contributed by atoms with Crippen LogP contribution in [0.5, 0.6) is 0 Å². The van der Waals surface area contributed by atoms with Crippen molar-refractivity contribution in [2.45, 2.75) is 13.5 Å². The van der Waals surface area contributed by atoms with Gasteiger partial charge in [0.05, 0.1) is 12.2 Å². The largest absolute Gasteiger partial charge is 0.332 e. The lowest BCUT2D eigenvalue weighted by atomic mass is 10.2. The van der Waals surface area contributed by atoms with E-state index in [2.05, 4.69) is 20.7 Å². The van der Waals surface area contributed by atoms with Crippen molar-refractivity contribution in [2.24, 2.45) is 0 Å². The van der Waals surface area contributed by atoms with Crippen LogP contribution in [0.4, 0.5) is 10.5 Å². The number of aryl methyl sites for hydroxylation is 1. The maximum absolute atomic E-state index is 12.4. The summed E-state index contributed by atoms with van der Waals surface area (Å²) in [6, 6.07) is 18.1. The van der Waals surface area contributed by atoms with Gasteiger partial charge in [-0.3, -0.25) is 4.79 Å². The molecule has 2 aromatic heterocycles. The van der Waals surface area contributed by atoms with Crippen molar-refractivity contribution in [3.8, 4) is 10.6 Å². The fourth-order valence-electron chi connectivity index (χ4n) is 2.63. The van der Waals surface area contributed by atoms with Gasteiger partial charge in [0.1, 0.15) is 5.01 Å². The molecule has 0 saturated carbocycles. The summed E-state index contributed by atoms with van der Waals surface area (Å²) >= 11 is 1.33. The van der Waals surface area contributed by atoms with Gasteiger partial charge < -0.3 is 10.6 Å². The van der Waals surface area contributed by atoms with E-state index in [1.807, 2.05) is 49.4 Å². The molecule has 2 amide bonds. The minimum Gasteiger partial charge on any atom is -0.332 e. The second-order valence-corrected chi connectivity index (χ2v) is 7.18. The van der Waals surface area contributed by atoms with Gasteiger partial charge in [0.15, 0.2) is 0 Å². The molecule has 0 atom stereocenters. The molecule has 28 heavy (non-hydrogen) atoms. The molecular weight excluding hydrogens is 374 g/mol. The van der Waals surface area contributed by atoms with Crippen molar-refractivity contribution < 1.29 is 4.79 Å². The molecule has 7 nitrogen and oxygen atoms in total. The maximum Gasteiger partial charge on any atom is 0.319 e. The number of rotatable bonds is 4. The number of fused-ring (bicyclic) bond motifs is 1. The Labute approximate surface area is 164 Å². The number of nitrogens with zero attached hydrogens (tertiary/aromatic N) is 3. The minimum atomic E-state index is -0.363. The number of amides is 2. The molecule has 0 fully saturated rings. The second kappa shape index (κ2) is 7.61. The Morgan fingerprint density at radius 3 is 2.61 bits per heavy atom. The molecule has 4 aromatic rings. The molecule has 4 rings (SSSR count). The van der Waals surface area contributed by atoms with E-state index in [1.54, 1.807) is 12.1 Å². The normalized spacial score (nSPS) is 10.8. The monoisotopic (exact) mass is 391 g/mol. The van der Waals surface area contributed by atoms with Crippen molar-refractivity contribution in [3.05, 3.63) is 82.3 Å². The first-order valence-corrected chi connectivity index (χ1v) is 9.47. The fourth-order valence-corrected chi connectivity index (χ4v) is 3.56. The van der Waals surface area contributed by atoms with E-state index in [9.17, 15) is 9.59 Å². The summed E-state index contributed by atoms with van der Waals surface area (Å²) in [5.41, 5.74) is 2.98. The number of anilines is 1. The summed E-state index contributed by atoms with van der Waals surface area (Å²) in [6.45, 7) is 2.16. The van der Waals surface area contributed by atoms with Crippen LogP contribution in [0.15, 0.2) is 65.5 Å². The van der Waals surface area contributed by atoms with Gasteiger partial charge in [-0.05, 0) is 19.1 Å². The van der Waals surface area contributed by atoms with Crippen LogP contribution >= 0.6 is 11.3 Å². The van der Waals surface area contributed by atoms with Gasteiger partial charge in [0.25, 0.3) is 5.56 Å². The van der Waals surface area contributed by atoms with E-state index in [4.69, 9.17) is 0 Å². The molecular formula is C20H17N5O2S. The van der Waals surface area contributed by atoms with Crippen molar-refractivity contribution >= 4 is 28.0 Å². The van der Waals surface area contributed by atoms with Gasteiger partial charge >= 0.3 is 6.03 Å². The zero-order chi connectivity index (χ0) is 19.5. The zero-order valence-electron chi connectivity index (χ0n) is 15.0. The number of nitrogens with one attached hydrogen (secondary N) is 2. The first kappa shape index (κ1) is 17.9. The van der Waals surface area contributed by atoms with Gasteiger partial charge in [-0.25, -0.2) is 9.78 Å². The highest BCUT2D eigenvalue weighted by Crippen LogP contribution is 2.24. The van der Waals surface area contributed by atoms with Crippen molar-refractivity contribution in [1.29, 1.82) is 0 Å². The summed E-state index contributed by atoms with van der Waals surface area (Å²) in [7, 11) is 0. The molecule has 2 N–H and O–H groups in total. The van der Waals surface area contributed by atoms with Crippen LogP contribution in [0, 0.1) is 6.92 Å². The molecule has 8 heteroatoms. The number of hydrogen-bond donors (Lipinski definition) is 2. The average Bonchev–Trinajstić information content (AvgIpc) is 3.12. The Balaban J connectivity index is 1.51. The average molecular weight is 391 g/mol. The molecule has 0 bridgehead atoms. The van der Waals surface area contributed by atoms with Crippen LogP contribution in [-0.4, -0.2) is 20.6 Å². The third kappa shape index (κ3) is 3.91. The van der Waals surface area contributed by atoms with Crippen LogP contribution in [0.2, 0.25) is 0 Å². The van der Waals surface area contributed by atoms with Crippen LogP contribution in [0.25, 0.3) is 15.5 Å². The second-order valence-electron chi connectivity index (χ2n) is 6.23. The Morgan fingerprint density at radius 1 is 1.11 bits per heavy atom. The number of urea groups is 1. The van der Waals surface area contributed by atoms with Crippen LogP contribution in [0.3, 0.4) is 0 Å². The predicted molar refractivity (Wildman–Crippen MR) is 110 cm³/mol. The highest BCUT2D eigenvalue weighted by molar-refractivity contribution is 7.19. The number of carbonyl (C=O) groups is 1. The van der Waals surface area contributed by atoms with Crippen LogP contribution in [-0.2, 0) is 6.54 Å². The molecule has 0 spiro atoms. The molecule has 0 aliphatic carbocycles. The summed E-state index contributed by atoms with van der Waals surface area (Å²) < 4.78 is 1.29. The topological polar surface area (TPSA) is 88.4 Å². The van der Waals surface area contributed by atoms with Gasteiger partial charge in [0.2, 0.25) is 4.96 Å². The van der Waals surface area contributed by atoms with Gasteiger partial charge in [-0.2, -0.15) is 9.61 Å². The zero-order valence-corrected chi connectivity index (χ0v) is 15.9. The molecule has 0 unspecified atom stereocenters. The fraction of sp³-hybridized carbons (Fsp3) is 0.100. The van der Waals surface area contributed by atoms with Gasteiger partial charge in [0, 0.05) is 17.3 Å². The van der Waals surface area contributed by atoms with Crippen molar-refractivity contribution in [1.82, 2.24) is 19.9 Å². The van der Waals surface area contributed by atoms with E-state index >= 15 is 0 Å². The third-order valence-corrected chi connectivity index (χ3v) is 5.02. The SMILES string of the molecule is Cc1ccc(-c2nn3c(=O)cc(CNC(=O)Nc4ccccc4)nc3s2)cc1. The van der Waals surface area contributed by atoms with Crippen LogP contribution < -0.4 is 16.2 Å². The standard InChI is InChI=1S/C20H17N5O2S/c1-13-7-9-14(10-8-13)18-24-25-17(26)11-16(23-20(25)28-18)12-21-19(27)22-15-5-3-2-4-6-15/h2-11H,12H2,1H3,(H2,21,22,27). The molecule has 0 radical (unpaired) electrons. The summed E-state index contributed by atoms with van der Waals surface area (Å²) in [5.74, 6) is 0. The van der Waals surface area contributed by atoms with Crippen molar-refractivity contribution in [3.63, 3.8) is 0 Å². The highest BCUT2D eigenvalue weighted by atomic mass is 32.1. The smallest absolute Gasteiger partial charge is 0.319 e. The Hall–Kier alpha value is -3.52. The number of aromatic nitrogens is 3. The molecule has 0 aliphatic rings. The number of para-hydroxylation sites is 1. The predicted octanol–water partition coefficient (Wildman–Crippen LogP) is 3.45. The number of hydrogen-bond acceptors (Lipinski definition) is 5. The van der Waals surface area contributed by atoms with Gasteiger partial charge in [-0.15, -0.1) is 0 Å². The first-order valence-electron chi connectivity index (χ1n) is 8.65. The van der Waals surface area contributed by atoms with Crippen LogP contribution in [0.1, 0.15) is 11.3 Å². The molecule has 0 saturated heterocycles. The lowest BCUT2D eigenvalue weighted by Crippen LogP contribution is -2.29. The molecule has 140 valence electrons. The van der Waals surface area contributed by atoms with E-state index in [-0.39, 0.29) is 18.1 Å². The van der Waals surface area contributed by atoms with E-state index in [0.717, 1.165) is 16.1 Å². The maximum atomic E-state index is 12.4. The summed E-state index contributed by atoms with van der Waals surface area (Å²) in [5, 5.41) is 10.5. The molecule has 0 aliphatic heterocycles. The van der Waals surface area contributed by atoms with E-state index < -0.39 is 0 Å². The molecule has 2 aromatic carbocycles. The number of carbonyl (C=O) groups excluding carboxylic acids is 1. The third-order valence-electron chi connectivity index (χ3n) is 4.06. The van der Waals surface area contributed by atoms with E-state index in [0.29, 0.717) is 16.3 Å². The summed E-state index contributed by atoms with van der Waals surface area (Å²) in [4.78, 5) is 29.3. The first-order chi connectivity index (χ1) is 13.6. The highest BCUT2D eigenvalue weighted by Gasteiger charge is 2.11. The molecule has 2 heterocycles. The lowest BCUT2D eigenvalue weighted by molar-refractivity contribution is 0.251. The Bertz CT molecular complexity index is 1180. The lowest BCUT2D eigenvalue weighted by Gasteiger charge is -2.06. The Kier molecular flexibility index (Phi) is 4.86. The van der Waals surface area contributed by atoms with E-state index in [1.165, 1.54) is 21.9 Å². The Morgan fingerprint density at radius 2 is 1.86 bits per heavy atom. The quantitative estimate of drug-likeness (QED) is 0.558. The van der Waals surface area contributed by atoms with Crippen molar-refractivity contribution in [2.75, 3.05) is 5.32 Å².